The molecule has 5 heteroatoms. The first-order chi connectivity index (χ1) is 11.6. The van der Waals surface area contributed by atoms with Crippen molar-refractivity contribution in [2.75, 3.05) is 0 Å². The van der Waals surface area contributed by atoms with Crippen LogP contribution in [0.15, 0.2) is 41.1 Å². The van der Waals surface area contributed by atoms with E-state index in [0.29, 0.717) is 6.42 Å². The molecule has 2 aromatic rings. The normalized spacial score (nSPS) is 17.8. The maximum Gasteiger partial charge on any atom is 0.326 e. The highest BCUT2D eigenvalue weighted by molar-refractivity contribution is 7.08. The van der Waals surface area contributed by atoms with E-state index in [2.05, 4.69) is 17.4 Å². The number of hydrogen-bond donors (Lipinski definition) is 2. The predicted octanol–water partition coefficient (Wildman–Crippen LogP) is 3.37. The molecular weight excluding hydrogens is 322 g/mol. The Balaban J connectivity index is 1.66. The summed E-state index contributed by atoms with van der Waals surface area (Å²) in [6.07, 6.45) is 3.77. The summed E-state index contributed by atoms with van der Waals surface area (Å²) in [5.41, 5.74) is 3.47. The number of thiophene rings is 1. The van der Waals surface area contributed by atoms with Gasteiger partial charge in [0.1, 0.15) is 6.04 Å². The number of aliphatic carboxylic acids is 1. The first kappa shape index (κ1) is 16.7. The number of carboxylic acid groups (broad SMARTS) is 1. The molecule has 2 unspecified atom stereocenters. The van der Waals surface area contributed by atoms with Crippen LogP contribution >= 0.6 is 11.3 Å². The molecular formula is C19H21NO3S. The zero-order valence-electron chi connectivity index (χ0n) is 13.4. The number of carbonyl (C=O) groups is 2. The van der Waals surface area contributed by atoms with Gasteiger partial charge in [0.15, 0.2) is 0 Å². The minimum absolute atomic E-state index is 0.192. The lowest BCUT2D eigenvalue weighted by atomic mass is 9.79. The van der Waals surface area contributed by atoms with Crippen LogP contribution in [0, 0.1) is 0 Å². The highest BCUT2D eigenvalue weighted by atomic mass is 32.1. The molecule has 0 saturated heterocycles. The first-order valence-corrected chi connectivity index (χ1v) is 9.19. The molecule has 4 nitrogen and oxygen atoms in total. The van der Waals surface area contributed by atoms with E-state index < -0.39 is 12.0 Å². The Morgan fingerprint density at radius 2 is 2.12 bits per heavy atom. The van der Waals surface area contributed by atoms with E-state index in [0.717, 1.165) is 24.8 Å². The van der Waals surface area contributed by atoms with Crippen molar-refractivity contribution in [1.29, 1.82) is 0 Å². The average Bonchev–Trinajstić information content (AvgIpc) is 3.07. The van der Waals surface area contributed by atoms with Crippen LogP contribution in [0.3, 0.4) is 0 Å². The zero-order valence-corrected chi connectivity index (χ0v) is 14.2. The third-order valence-corrected chi connectivity index (χ3v) is 5.32. The summed E-state index contributed by atoms with van der Waals surface area (Å²) in [5.74, 6) is -1.00. The smallest absolute Gasteiger partial charge is 0.326 e. The fraction of sp³-hybridized carbons (Fsp3) is 0.368. The molecule has 1 aromatic carbocycles. The summed E-state index contributed by atoms with van der Waals surface area (Å²) in [6.45, 7) is 0. The molecule has 1 aliphatic rings. The number of carboxylic acids is 1. The number of rotatable bonds is 6. The second kappa shape index (κ2) is 7.62. The van der Waals surface area contributed by atoms with E-state index in [-0.39, 0.29) is 18.2 Å². The maximum absolute atomic E-state index is 12.1. The van der Waals surface area contributed by atoms with Crippen molar-refractivity contribution in [2.24, 2.45) is 0 Å². The topological polar surface area (TPSA) is 66.4 Å². The average molecular weight is 343 g/mol. The second-order valence-electron chi connectivity index (χ2n) is 6.29. The lowest BCUT2D eigenvalue weighted by Crippen LogP contribution is -2.42. The molecule has 2 N–H and O–H groups in total. The van der Waals surface area contributed by atoms with Crippen LogP contribution < -0.4 is 5.32 Å². The van der Waals surface area contributed by atoms with Gasteiger partial charge in [-0.25, -0.2) is 4.79 Å². The van der Waals surface area contributed by atoms with Crippen molar-refractivity contribution in [3.63, 3.8) is 0 Å². The molecule has 0 radical (unpaired) electrons. The van der Waals surface area contributed by atoms with Crippen molar-refractivity contribution in [3.05, 3.63) is 57.8 Å². The third kappa shape index (κ3) is 4.03. The lowest BCUT2D eigenvalue weighted by Gasteiger charge is -2.28. The molecule has 0 aliphatic heterocycles. The van der Waals surface area contributed by atoms with Gasteiger partial charge in [0.25, 0.3) is 0 Å². The van der Waals surface area contributed by atoms with Crippen molar-refractivity contribution < 1.29 is 14.7 Å². The molecule has 1 amide bonds. The molecule has 1 aliphatic carbocycles. The first-order valence-electron chi connectivity index (χ1n) is 8.24. The highest BCUT2D eigenvalue weighted by Gasteiger charge is 2.28. The van der Waals surface area contributed by atoms with Gasteiger partial charge in [0, 0.05) is 0 Å². The Morgan fingerprint density at radius 3 is 2.88 bits per heavy atom. The predicted molar refractivity (Wildman–Crippen MR) is 94.3 cm³/mol. The summed E-state index contributed by atoms with van der Waals surface area (Å²) < 4.78 is 0. The SMILES string of the molecule is O=C(Cc1ccsc1)NC(CC1CCCc2ccccc21)C(=O)O. The zero-order chi connectivity index (χ0) is 16.9. The Morgan fingerprint density at radius 1 is 1.29 bits per heavy atom. The number of hydrogen-bond acceptors (Lipinski definition) is 3. The summed E-state index contributed by atoms with van der Waals surface area (Å²) in [4.78, 5) is 23.8. The molecule has 0 saturated carbocycles. The van der Waals surface area contributed by atoms with Crippen LogP contribution in [0.1, 0.15) is 41.9 Å². The van der Waals surface area contributed by atoms with Gasteiger partial charge in [-0.05, 0) is 65.1 Å². The summed E-state index contributed by atoms with van der Waals surface area (Å²) in [5, 5.41) is 16.0. The van der Waals surface area contributed by atoms with Gasteiger partial charge in [-0.2, -0.15) is 11.3 Å². The van der Waals surface area contributed by atoms with Gasteiger partial charge < -0.3 is 10.4 Å². The summed E-state index contributed by atoms with van der Waals surface area (Å²) in [6, 6.07) is 9.28. The van der Waals surface area contributed by atoms with Crippen LogP contribution in [-0.4, -0.2) is 23.0 Å². The molecule has 0 spiro atoms. The van der Waals surface area contributed by atoms with Crippen molar-refractivity contribution in [2.45, 2.75) is 44.1 Å². The fourth-order valence-electron chi connectivity index (χ4n) is 3.43. The minimum atomic E-state index is -0.961. The third-order valence-electron chi connectivity index (χ3n) is 4.59. The Bertz CT molecular complexity index is 711. The highest BCUT2D eigenvalue weighted by Crippen LogP contribution is 2.34. The summed E-state index contributed by atoms with van der Waals surface area (Å²) in [7, 11) is 0. The van der Waals surface area contributed by atoms with Crippen LogP contribution in [0.5, 0.6) is 0 Å². The van der Waals surface area contributed by atoms with E-state index in [1.165, 1.54) is 22.5 Å². The van der Waals surface area contributed by atoms with E-state index in [1.54, 1.807) is 0 Å². The molecule has 2 atom stereocenters. The Kier molecular flexibility index (Phi) is 5.30. The van der Waals surface area contributed by atoms with Gasteiger partial charge in [0.05, 0.1) is 6.42 Å². The Hall–Kier alpha value is -2.14. The molecule has 1 heterocycles. The van der Waals surface area contributed by atoms with Gasteiger partial charge >= 0.3 is 5.97 Å². The second-order valence-corrected chi connectivity index (χ2v) is 7.07. The standard InChI is InChI=1S/C19H21NO3S/c21-18(10-13-8-9-24-12-13)20-17(19(22)23)11-15-6-3-5-14-4-1-2-7-16(14)15/h1-2,4,7-9,12,15,17H,3,5-6,10-11H2,(H,20,21)(H,22,23). The molecule has 0 bridgehead atoms. The van der Waals surface area contributed by atoms with Crippen LogP contribution in [0.4, 0.5) is 0 Å². The Labute approximate surface area is 145 Å². The van der Waals surface area contributed by atoms with E-state index in [9.17, 15) is 14.7 Å². The van der Waals surface area contributed by atoms with Crippen molar-refractivity contribution in [1.82, 2.24) is 5.32 Å². The van der Waals surface area contributed by atoms with Crippen LogP contribution in [-0.2, 0) is 22.4 Å². The largest absolute Gasteiger partial charge is 0.480 e. The molecule has 3 rings (SSSR count). The molecule has 24 heavy (non-hydrogen) atoms. The van der Waals surface area contributed by atoms with Gasteiger partial charge in [-0.15, -0.1) is 0 Å². The number of nitrogens with one attached hydrogen (secondary N) is 1. The van der Waals surface area contributed by atoms with Crippen LogP contribution in [0.2, 0.25) is 0 Å². The van der Waals surface area contributed by atoms with Crippen molar-refractivity contribution in [3.8, 4) is 0 Å². The van der Waals surface area contributed by atoms with Gasteiger partial charge in [-0.1, -0.05) is 24.3 Å². The van der Waals surface area contributed by atoms with Crippen LogP contribution in [0.25, 0.3) is 0 Å². The van der Waals surface area contributed by atoms with Crippen molar-refractivity contribution >= 4 is 23.2 Å². The molecule has 126 valence electrons. The molecule has 1 aromatic heterocycles. The maximum atomic E-state index is 12.1. The van der Waals surface area contributed by atoms with E-state index in [4.69, 9.17) is 0 Å². The van der Waals surface area contributed by atoms with E-state index >= 15 is 0 Å². The number of benzene rings is 1. The fourth-order valence-corrected chi connectivity index (χ4v) is 4.10. The number of fused-ring (bicyclic) bond motifs is 1. The monoisotopic (exact) mass is 343 g/mol. The summed E-state index contributed by atoms with van der Waals surface area (Å²) >= 11 is 1.53. The number of carbonyl (C=O) groups excluding carboxylic acids is 1. The van der Waals surface area contributed by atoms with Gasteiger partial charge in [-0.3, -0.25) is 4.79 Å². The lowest BCUT2D eigenvalue weighted by molar-refractivity contribution is -0.142. The van der Waals surface area contributed by atoms with Gasteiger partial charge in [0.2, 0.25) is 5.91 Å². The minimum Gasteiger partial charge on any atom is -0.480 e. The number of aryl methyl sites for hydroxylation is 1. The molecule has 0 fully saturated rings. The quantitative estimate of drug-likeness (QED) is 0.845. The number of amides is 1. The van der Waals surface area contributed by atoms with E-state index in [1.807, 2.05) is 29.0 Å².